The summed E-state index contributed by atoms with van der Waals surface area (Å²) in [7, 11) is 0. The number of ether oxygens (including phenoxy) is 1. The Morgan fingerprint density at radius 1 is 1.30 bits per heavy atom. The molecule has 0 bridgehead atoms. The maximum Gasteiger partial charge on any atom is 0.150 e. The topological polar surface area (TPSA) is 50.8 Å². The monoisotopic (exact) mass is 287 g/mol. The maximum atomic E-state index is 8.99. The molecule has 1 saturated heterocycles. The first-order chi connectivity index (χ1) is 9.76. The van der Waals surface area contributed by atoms with E-state index in [0.29, 0.717) is 10.6 Å². The van der Waals surface area contributed by atoms with Gasteiger partial charge in [0.25, 0.3) is 0 Å². The molecule has 5 heteroatoms. The number of nitrogens with zero attached hydrogens (tertiary/aromatic N) is 3. The Morgan fingerprint density at radius 2 is 2.20 bits per heavy atom. The van der Waals surface area contributed by atoms with Crippen LogP contribution < -0.4 is 0 Å². The van der Waals surface area contributed by atoms with Gasteiger partial charge < -0.3 is 4.74 Å². The highest BCUT2D eigenvalue weighted by Gasteiger charge is 2.17. The van der Waals surface area contributed by atoms with Crippen LogP contribution in [0.1, 0.15) is 31.1 Å². The van der Waals surface area contributed by atoms with Crippen LogP contribution in [0.5, 0.6) is 0 Å². The van der Waals surface area contributed by atoms with Crippen LogP contribution in [0.4, 0.5) is 0 Å². The maximum absolute atomic E-state index is 8.99. The predicted octanol–water partition coefficient (Wildman–Crippen LogP) is 3.77. The Labute approximate surface area is 122 Å². The molecule has 0 aliphatic carbocycles. The number of aromatic nitrogens is 2. The zero-order valence-corrected chi connectivity index (χ0v) is 11.7. The lowest BCUT2D eigenvalue weighted by molar-refractivity contribution is -0.0394. The van der Waals surface area contributed by atoms with Crippen LogP contribution in [0.15, 0.2) is 30.6 Å². The molecule has 1 aliphatic heterocycles. The Kier molecular flexibility index (Phi) is 3.72. The summed E-state index contributed by atoms with van der Waals surface area (Å²) >= 11 is 6.03. The first-order valence-corrected chi connectivity index (χ1v) is 7.01. The van der Waals surface area contributed by atoms with Crippen molar-refractivity contribution in [1.29, 1.82) is 5.26 Å². The van der Waals surface area contributed by atoms with Crippen molar-refractivity contribution in [3.8, 4) is 17.2 Å². The standard InChI is InChI=1S/C15H14ClN3O/c16-14-6-11(8-17)5-12(7-14)13-9-18-19(10-13)15-3-1-2-4-20-15/h5-7,9-10,15H,1-4H2. The van der Waals surface area contributed by atoms with E-state index in [4.69, 9.17) is 21.6 Å². The second-order valence-electron chi connectivity index (χ2n) is 4.87. The van der Waals surface area contributed by atoms with Crippen molar-refractivity contribution in [2.75, 3.05) is 6.61 Å². The van der Waals surface area contributed by atoms with E-state index < -0.39 is 0 Å². The van der Waals surface area contributed by atoms with Crippen LogP contribution in [0, 0.1) is 11.3 Å². The molecule has 3 rings (SSSR count). The summed E-state index contributed by atoms with van der Waals surface area (Å²) in [6.45, 7) is 0.787. The minimum atomic E-state index is 0.0205. The number of halogens is 1. The smallest absolute Gasteiger partial charge is 0.150 e. The molecule has 102 valence electrons. The Balaban J connectivity index is 1.90. The lowest BCUT2D eigenvalue weighted by Crippen LogP contribution is -2.18. The fourth-order valence-corrected chi connectivity index (χ4v) is 2.63. The van der Waals surface area contributed by atoms with Crippen molar-refractivity contribution in [1.82, 2.24) is 9.78 Å². The molecule has 0 N–H and O–H groups in total. The van der Waals surface area contributed by atoms with E-state index in [2.05, 4.69) is 11.2 Å². The zero-order valence-electron chi connectivity index (χ0n) is 10.9. The lowest BCUT2D eigenvalue weighted by Gasteiger charge is -2.22. The molecular weight excluding hydrogens is 274 g/mol. The minimum Gasteiger partial charge on any atom is -0.357 e. The number of hydrogen-bond donors (Lipinski definition) is 0. The first-order valence-electron chi connectivity index (χ1n) is 6.63. The quantitative estimate of drug-likeness (QED) is 0.845. The molecule has 2 aromatic rings. The van der Waals surface area contributed by atoms with Gasteiger partial charge in [0.05, 0.1) is 17.8 Å². The van der Waals surface area contributed by atoms with Crippen LogP contribution in [0.25, 0.3) is 11.1 Å². The number of nitriles is 1. The van der Waals surface area contributed by atoms with Crippen molar-refractivity contribution in [3.05, 3.63) is 41.2 Å². The molecule has 0 radical (unpaired) electrons. The molecule has 1 aromatic carbocycles. The SMILES string of the molecule is N#Cc1cc(Cl)cc(-c2cnn(C3CCCCO3)c2)c1. The summed E-state index contributed by atoms with van der Waals surface area (Å²) in [5.74, 6) is 0. The molecule has 4 nitrogen and oxygen atoms in total. The Morgan fingerprint density at radius 3 is 2.95 bits per heavy atom. The van der Waals surface area contributed by atoms with Gasteiger partial charge in [-0.1, -0.05) is 11.6 Å². The van der Waals surface area contributed by atoms with Crippen molar-refractivity contribution in [3.63, 3.8) is 0 Å². The van der Waals surface area contributed by atoms with Crippen molar-refractivity contribution < 1.29 is 4.74 Å². The Bertz CT molecular complexity index is 653. The molecule has 1 aromatic heterocycles. The second-order valence-corrected chi connectivity index (χ2v) is 5.31. The molecule has 1 aliphatic rings. The molecule has 1 unspecified atom stereocenters. The van der Waals surface area contributed by atoms with Gasteiger partial charge in [0, 0.05) is 23.4 Å². The molecule has 20 heavy (non-hydrogen) atoms. The van der Waals surface area contributed by atoms with Gasteiger partial charge in [0.15, 0.2) is 0 Å². The van der Waals surface area contributed by atoms with Crippen LogP contribution in [0.3, 0.4) is 0 Å². The molecule has 2 heterocycles. The number of hydrogen-bond acceptors (Lipinski definition) is 3. The molecule has 0 spiro atoms. The molecule has 1 fully saturated rings. The van der Waals surface area contributed by atoms with Crippen LogP contribution in [-0.4, -0.2) is 16.4 Å². The van der Waals surface area contributed by atoms with Crippen molar-refractivity contribution >= 4 is 11.6 Å². The first kappa shape index (κ1) is 13.2. The van der Waals surface area contributed by atoms with E-state index in [-0.39, 0.29) is 6.23 Å². The normalized spacial score (nSPS) is 18.7. The molecule has 1 atom stereocenters. The van der Waals surface area contributed by atoms with Gasteiger partial charge in [0.2, 0.25) is 0 Å². The third-order valence-corrected chi connectivity index (χ3v) is 3.63. The summed E-state index contributed by atoms with van der Waals surface area (Å²) in [5.41, 5.74) is 2.39. The fraction of sp³-hybridized carbons (Fsp3) is 0.333. The predicted molar refractivity (Wildman–Crippen MR) is 76.2 cm³/mol. The summed E-state index contributed by atoms with van der Waals surface area (Å²) in [5, 5.41) is 13.9. The van der Waals surface area contributed by atoms with Crippen LogP contribution >= 0.6 is 11.6 Å². The van der Waals surface area contributed by atoms with Crippen molar-refractivity contribution in [2.45, 2.75) is 25.5 Å². The fourth-order valence-electron chi connectivity index (χ4n) is 2.40. The highest BCUT2D eigenvalue weighted by Crippen LogP contribution is 2.27. The van der Waals surface area contributed by atoms with Gasteiger partial charge in [-0.05, 0) is 43.0 Å². The second kappa shape index (κ2) is 5.66. The van der Waals surface area contributed by atoms with Crippen LogP contribution in [0.2, 0.25) is 5.02 Å². The average Bonchev–Trinajstić information content (AvgIpc) is 2.97. The minimum absolute atomic E-state index is 0.0205. The van der Waals surface area contributed by atoms with Gasteiger partial charge in [-0.2, -0.15) is 10.4 Å². The molecular formula is C15H14ClN3O. The van der Waals surface area contributed by atoms with E-state index in [0.717, 1.165) is 37.0 Å². The largest absolute Gasteiger partial charge is 0.357 e. The summed E-state index contributed by atoms with van der Waals surface area (Å²) in [4.78, 5) is 0. The summed E-state index contributed by atoms with van der Waals surface area (Å²) in [6, 6.07) is 7.42. The van der Waals surface area contributed by atoms with E-state index in [9.17, 15) is 0 Å². The summed E-state index contributed by atoms with van der Waals surface area (Å²) in [6.07, 6.45) is 7.01. The average molecular weight is 288 g/mol. The van der Waals surface area contributed by atoms with E-state index in [1.54, 1.807) is 12.3 Å². The molecule has 0 amide bonds. The van der Waals surface area contributed by atoms with Gasteiger partial charge >= 0.3 is 0 Å². The Hall–Kier alpha value is -1.83. The summed E-state index contributed by atoms with van der Waals surface area (Å²) < 4.78 is 7.55. The number of benzene rings is 1. The van der Waals surface area contributed by atoms with Gasteiger partial charge in [-0.15, -0.1) is 0 Å². The third kappa shape index (κ3) is 2.69. The van der Waals surface area contributed by atoms with Gasteiger partial charge in [-0.3, -0.25) is 0 Å². The van der Waals surface area contributed by atoms with Gasteiger partial charge in [-0.25, -0.2) is 4.68 Å². The third-order valence-electron chi connectivity index (χ3n) is 3.41. The van der Waals surface area contributed by atoms with Crippen LogP contribution in [-0.2, 0) is 4.74 Å². The highest BCUT2D eigenvalue weighted by atomic mass is 35.5. The zero-order chi connectivity index (χ0) is 13.9. The molecule has 0 saturated carbocycles. The van der Waals surface area contributed by atoms with Crippen molar-refractivity contribution in [2.24, 2.45) is 0 Å². The highest BCUT2D eigenvalue weighted by molar-refractivity contribution is 6.31. The van der Waals surface area contributed by atoms with E-state index in [1.165, 1.54) is 0 Å². The van der Waals surface area contributed by atoms with Gasteiger partial charge in [0.1, 0.15) is 6.23 Å². The van der Waals surface area contributed by atoms with E-state index >= 15 is 0 Å². The lowest BCUT2D eigenvalue weighted by atomic mass is 10.1. The van der Waals surface area contributed by atoms with E-state index in [1.807, 2.05) is 23.0 Å². The number of rotatable bonds is 2.